The predicted molar refractivity (Wildman–Crippen MR) is 44.0 cm³/mol. The number of nitrogens with one attached hydrogen (secondary N) is 1. The van der Waals surface area contributed by atoms with E-state index in [0.717, 1.165) is 4.57 Å². The average molecular weight is 173 g/mol. The van der Waals surface area contributed by atoms with Crippen molar-refractivity contribution < 1.29 is 0 Å². The molecule has 0 saturated carbocycles. The Labute approximate surface area is 67.3 Å². The van der Waals surface area contributed by atoms with Crippen molar-refractivity contribution in [1.29, 1.82) is 0 Å². The van der Waals surface area contributed by atoms with E-state index in [2.05, 4.69) is 17.6 Å². The van der Waals surface area contributed by atoms with Gasteiger partial charge < -0.3 is 10.7 Å². The van der Waals surface area contributed by atoms with Crippen LogP contribution in [0.2, 0.25) is 0 Å². The molecule has 0 aliphatic carbocycles. The lowest BCUT2D eigenvalue weighted by molar-refractivity contribution is 0.755. The molecule has 1 aromatic heterocycles. The van der Waals surface area contributed by atoms with E-state index in [0.29, 0.717) is 0 Å². The monoisotopic (exact) mass is 173 g/mol. The van der Waals surface area contributed by atoms with Gasteiger partial charge in [0, 0.05) is 7.05 Å². The molecule has 0 radical (unpaired) electrons. The Balaban J connectivity index is 3.74. The first-order chi connectivity index (χ1) is 5.04. The first kappa shape index (κ1) is 7.93. The summed E-state index contributed by atoms with van der Waals surface area (Å²) >= 11 is 3.79. The highest BCUT2D eigenvalue weighted by atomic mass is 32.1. The van der Waals surface area contributed by atoms with E-state index in [4.69, 9.17) is 5.73 Å². The molecular formula is C5H7N3O2S. The van der Waals surface area contributed by atoms with Gasteiger partial charge in [0.05, 0.1) is 0 Å². The van der Waals surface area contributed by atoms with Crippen LogP contribution in [-0.4, -0.2) is 9.55 Å². The first-order valence-electron chi connectivity index (χ1n) is 2.81. The first-order valence-corrected chi connectivity index (χ1v) is 3.26. The molecule has 0 bridgehead atoms. The molecule has 60 valence electrons. The van der Waals surface area contributed by atoms with E-state index in [1.165, 1.54) is 7.05 Å². The molecule has 1 aromatic rings. The quantitative estimate of drug-likeness (QED) is 0.345. The van der Waals surface area contributed by atoms with Crippen LogP contribution in [0.4, 0.5) is 5.69 Å². The van der Waals surface area contributed by atoms with Gasteiger partial charge in [-0.05, 0) is 0 Å². The molecule has 0 saturated heterocycles. The predicted octanol–water partition coefficient (Wildman–Crippen LogP) is -1.06. The molecule has 0 unspecified atom stereocenters. The Kier molecular flexibility index (Phi) is 1.77. The van der Waals surface area contributed by atoms with Crippen LogP contribution in [-0.2, 0) is 7.05 Å². The molecule has 1 rings (SSSR count). The highest BCUT2D eigenvalue weighted by molar-refractivity contribution is 7.80. The number of hydrogen-bond acceptors (Lipinski definition) is 4. The molecule has 0 aliphatic rings. The van der Waals surface area contributed by atoms with Gasteiger partial charge in [-0.25, -0.2) is 4.79 Å². The van der Waals surface area contributed by atoms with Crippen LogP contribution in [0.25, 0.3) is 0 Å². The van der Waals surface area contributed by atoms with Crippen LogP contribution < -0.4 is 17.0 Å². The van der Waals surface area contributed by atoms with Gasteiger partial charge >= 0.3 is 5.69 Å². The Bertz CT molecular complexity index is 392. The minimum atomic E-state index is -0.529. The fraction of sp³-hybridized carbons (Fsp3) is 0.200. The summed E-state index contributed by atoms with van der Waals surface area (Å²) in [6.07, 6.45) is 0. The third kappa shape index (κ3) is 1.16. The largest absolute Gasteiger partial charge is 0.392 e. The second-order valence-corrected chi connectivity index (χ2v) is 2.50. The second-order valence-electron chi connectivity index (χ2n) is 2.06. The normalized spacial score (nSPS) is 10.0. The number of anilines is 1. The van der Waals surface area contributed by atoms with Gasteiger partial charge in [0.15, 0.2) is 0 Å². The topological polar surface area (TPSA) is 80.9 Å². The zero-order valence-corrected chi connectivity index (χ0v) is 6.68. The number of thiol groups is 1. The van der Waals surface area contributed by atoms with Crippen molar-refractivity contribution in [1.82, 2.24) is 9.55 Å². The van der Waals surface area contributed by atoms with Crippen LogP contribution >= 0.6 is 12.6 Å². The minimum Gasteiger partial charge on any atom is -0.392 e. The number of nitrogens with zero attached hydrogens (tertiary/aromatic N) is 1. The molecular weight excluding hydrogens is 166 g/mol. The zero-order chi connectivity index (χ0) is 8.59. The van der Waals surface area contributed by atoms with Crippen LogP contribution in [0, 0.1) is 0 Å². The van der Waals surface area contributed by atoms with Crippen molar-refractivity contribution in [3.8, 4) is 0 Å². The van der Waals surface area contributed by atoms with Crippen molar-refractivity contribution >= 4 is 18.3 Å². The van der Waals surface area contributed by atoms with Crippen molar-refractivity contribution in [2.45, 2.75) is 5.03 Å². The van der Waals surface area contributed by atoms with Gasteiger partial charge in [-0.2, -0.15) is 0 Å². The highest BCUT2D eigenvalue weighted by Gasteiger charge is 2.03. The van der Waals surface area contributed by atoms with Gasteiger partial charge in [-0.1, -0.05) is 0 Å². The fourth-order valence-corrected chi connectivity index (χ4v) is 0.818. The van der Waals surface area contributed by atoms with E-state index < -0.39 is 11.2 Å². The lowest BCUT2D eigenvalue weighted by atomic mass is 10.5. The smallest absolute Gasteiger partial charge is 0.329 e. The summed E-state index contributed by atoms with van der Waals surface area (Å²) in [7, 11) is 1.34. The minimum absolute atomic E-state index is 0.0459. The number of rotatable bonds is 0. The van der Waals surface area contributed by atoms with E-state index in [1.54, 1.807) is 0 Å². The van der Waals surface area contributed by atoms with E-state index in [9.17, 15) is 9.59 Å². The second kappa shape index (κ2) is 2.46. The third-order valence-corrected chi connectivity index (χ3v) is 1.67. The van der Waals surface area contributed by atoms with E-state index >= 15 is 0 Å². The number of aromatic amines is 1. The van der Waals surface area contributed by atoms with Crippen molar-refractivity contribution in [3.63, 3.8) is 0 Å². The lowest BCUT2D eigenvalue weighted by Gasteiger charge is -1.99. The Morgan fingerprint density at radius 1 is 1.55 bits per heavy atom. The number of H-pyrrole nitrogens is 1. The van der Waals surface area contributed by atoms with Crippen molar-refractivity contribution in [2.24, 2.45) is 7.05 Å². The van der Waals surface area contributed by atoms with E-state index in [-0.39, 0.29) is 10.7 Å². The summed E-state index contributed by atoms with van der Waals surface area (Å²) in [6.45, 7) is 0. The van der Waals surface area contributed by atoms with Gasteiger partial charge in [-0.3, -0.25) is 9.36 Å². The molecule has 6 heteroatoms. The summed E-state index contributed by atoms with van der Waals surface area (Å²) in [5, 5.41) is 0.109. The molecule has 3 N–H and O–H groups in total. The number of nitrogen functional groups attached to an aromatic ring is 1. The van der Waals surface area contributed by atoms with Crippen LogP contribution in [0.15, 0.2) is 14.6 Å². The number of nitrogens with two attached hydrogens (primary N) is 1. The molecule has 11 heavy (non-hydrogen) atoms. The number of aromatic nitrogens is 2. The summed E-state index contributed by atoms with van der Waals surface area (Å²) in [4.78, 5) is 24.1. The van der Waals surface area contributed by atoms with Gasteiger partial charge in [-0.15, -0.1) is 12.6 Å². The molecule has 5 nitrogen and oxygen atoms in total. The summed E-state index contributed by atoms with van der Waals surface area (Å²) in [5.41, 5.74) is 4.18. The third-order valence-electron chi connectivity index (χ3n) is 1.32. The fourth-order valence-electron chi connectivity index (χ4n) is 0.627. The molecule has 0 spiro atoms. The van der Waals surface area contributed by atoms with Crippen molar-refractivity contribution in [3.05, 3.63) is 20.8 Å². The maximum Gasteiger partial charge on any atom is 0.329 e. The van der Waals surface area contributed by atoms with Crippen LogP contribution in [0.3, 0.4) is 0 Å². The van der Waals surface area contributed by atoms with E-state index in [1.807, 2.05) is 0 Å². The summed E-state index contributed by atoms with van der Waals surface area (Å²) in [6, 6.07) is 0. The van der Waals surface area contributed by atoms with Crippen molar-refractivity contribution in [2.75, 3.05) is 5.73 Å². The lowest BCUT2D eigenvalue weighted by Crippen LogP contribution is -2.34. The van der Waals surface area contributed by atoms with Gasteiger partial charge in [0.2, 0.25) is 0 Å². The molecule has 0 amide bonds. The molecule has 0 atom stereocenters. The summed E-state index contributed by atoms with van der Waals surface area (Å²) in [5.74, 6) is 0. The zero-order valence-electron chi connectivity index (χ0n) is 5.79. The Morgan fingerprint density at radius 3 is 2.64 bits per heavy atom. The summed E-state index contributed by atoms with van der Waals surface area (Å²) < 4.78 is 0.884. The van der Waals surface area contributed by atoms with Crippen LogP contribution in [0.5, 0.6) is 0 Å². The number of hydrogen-bond donors (Lipinski definition) is 3. The molecule has 0 fully saturated rings. The van der Waals surface area contributed by atoms with Gasteiger partial charge in [0.25, 0.3) is 5.56 Å². The standard InChI is InChI=1S/C5H7N3O2S/c1-8-4(9)2(6)3(11)7-5(8)10/h11H,6H2,1H3,(H,7,10). The Hall–Kier alpha value is -1.17. The molecule has 0 aliphatic heterocycles. The maximum absolute atomic E-state index is 11.0. The van der Waals surface area contributed by atoms with Crippen LogP contribution in [0.1, 0.15) is 0 Å². The van der Waals surface area contributed by atoms with Gasteiger partial charge in [0.1, 0.15) is 10.7 Å². The Morgan fingerprint density at radius 2 is 2.09 bits per heavy atom. The highest BCUT2D eigenvalue weighted by Crippen LogP contribution is 2.02. The SMILES string of the molecule is Cn1c(=O)[nH]c(S)c(N)c1=O. The maximum atomic E-state index is 11.0. The molecule has 1 heterocycles. The molecule has 0 aromatic carbocycles. The average Bonchev–Trinajstić information content (AvgIpc) is 1.97.